The summed E-state index contributed by atoms with van der Waals surface area (Å²) in [5, 5.41) is 8.89. The second-order valence-corrected chi connectivity index (χ2v) is 5.59. The molecule has 0 aliphatic heterocycles. The zero-order valence-electron chi connectivity index (χ0n) is 13.7. The standard InChI is InChI=1S/C16H28N4O/c1-12(2)20(5)11-10-18-16(21)19-15-8-6-14(7-9-15)13(3)17-4/h6-9,12-13,17H,10-11H2,1-5H3,(H2,18,19,21). The van der Waals surface area contributed by atoms with Crippen LogP contribution in [0.4, 0.5) is 10.5 Å². The molecule has 1 unspecified atom stereocenters. The van der Waals surface area contributed by atoms with Crippen molar-refractivity contribution < 1.29 is 4.79 Å². The number of urea groups is 1. The van der Waals surface area contributed by atoms with Crippen LogP contribution in [0.2, 0.25) is 0 Å². The molecule has 1 rings (SSSR count). The van der Waals surface area contributed by atoms with Crippen LogP contribution >= 0.6 is 0 Å². The van der Waals surface area contributed by atoms with Crippen molar-refractivity contribution in [2.45, 2.75) is 32.9 Å². The Morgan fingerprint density at radius 1 is 1.19 bits per heavy atom. The van der Waals surface area contributed by atoms with E-state index in [2.05, 4.69) is 41.6 Å². The molecule has 0 fully saturated rings. The van der Waals surface area contributed by atoms with Crippen LogP contribution < -0.4 is 16.0 Å². The van der Waals surface area contributed by atoms with Crippen molar-refractivity contribution >= 4 is 11.7 Å². The lowest BCUT2D eigenvalue weighted by Crippen LogP contribution is -2.37. The number of carbonyl (C=O) groups excluding carboxylic acids is 1. The number of likely N-dealkylation sites (N-methyl/N-ethyl adjacent to an activating group) is 1. The molecule has 5 nitrogen and oxygen atoms in total. The highest BCUT2D eigenvalue weighted by molar-refractivity contribution is 5.89. The quantitative estimate of drug-likeness (QED) is 0.723. The van der Waals surface area contributed by atoms with Gasteiger partial charge in [0.2, 0.25) is 0 Å². The molecule has 0 bridgehead atoms. The van der Waals surface area contributed by atoms with Gasteiger partial charge in [-0.15, -0.1) is 0 Å². The van der Waals surface area contributed by atoms with E-state index in [-0.39, 0.29) is 6.03 Å². The molecule has 21 heavy (non-hydrogen) atoms. The van der Waals surface area contributed by atoms with Crippen molar-refractivity contribution in [3.05, 3.63) is 29.8 Å². The summed E-state index contributed by atoms with van der Waals surface area (Å²) in [6, 6.07) is 8.50. The Hall–Kier alpha value is -1.59. The molecule has 0 spiro atoms. The summed E-state index contributed by atoms with van der Waals surface area (Å²) < 4.78 is 0. The minimum atomic E-state index is -0.165. The number of amides is 2. The summed E-state index contributed by atoms with van der Waals surface area (Å²) in [5.41, 5.74) is 2.00. The molecule has 0 heterocycles. The fraction of sp³-hybridized carbons (Fsp3) is 0.562. The van der Waals surface area contributed by atoms with Crippen molar-refractivity contribution in [3.8, 4) is 0 Å². The fourth-order valence-corrected chi connectivity index (χ4v) is 1.80. The first-order valence-corrected chi connectivity index (χ1v) is 7.46. The number of anilines is 1. The SMILES string of the molecule is CNC(C)c1ccc(NC(=O)NCCN(C)C(C)C)cc1. The van der Waals surface area contributed by atoms with E-state index in [4.69, 9.17) is 0 Å². The van der Waals surface area contributed by atoms with Crippen LogP contribution in [0, 0.1) is 0 Å². The molecular weight excluding hydrogens is 264 g/mol. The van der Waals surface area contributed by atoms with Crippen LogP contribution in [-0.4, -0.2) is 44.2 Å². The van der Waals surface area contributed by atoms with Crippen molar-refractivity contribution in [1.82, 2.24) is 15.5 Å². The van der Waals surface area contributed by atoms with Gasteiger partial charge in [-0.3, -0.25) is 0 Å². The Morgan fingerprint density at radius 3 is 2.33 bits per heavy atom. The van der Waals surface area contributed by atoms with Crippen LogP contribution in [0.5, 0.6) is 0 Å². The molecule has 2 amide bonds. The Balaban J connectivity index is 2.38. The van der Waals surface area contributed by atoms with Gasteiger partial charge in [0.25, 0.3) is 0 Å². The second kappa shape index (κ2) is 8.64. The maximum Gasteiger partial charge on any atom is 0.319 e. The average molecular weight is 292 g/mol. The maximum atomic E-state index is 11.8. The van der Waals surface area contributed by atoms with Gasteiger partial charge < -0.3 is 20.9 Å². The van der Waals surface area contributed by atoms with Crippen molar-refractivity contribution in [1.29, 1.82) is 0 Å². The van der Waals surface area contributed by atoms with Crippen LogP contribution in [-0.2, 0) is 0 Å². The molecule has 0 aromatic heterocycles. The topological polar surface area (TPSA) is 56.4 Å². The van der Waals surface area contributed by atoms with Crippen LogP contribution in [0.1, 0.15) is 32.4 Å². The lowest BCUT2D eigenvalue weighted by molar-refractivity contribution is 0.244. The Bertz CT molecular complexity index is 430. The van der Waals surface area contributed by atoms with Gasteiger partial charge in [0.15, 0.2) is 0 Å². The molecule has 0 aliphatic rings. The van der Waals surface area contributed by atoms with Gasteiger partial charge in [0, 0.05) is 30.9 Å². The predicted octanol–water partition coefficient (Wildman–Crippen LogP) is 2.43. The zero-order valence-corrected chi connectivity index (χ0v) is 13.7. The highest BCUT2D eigenvalue weighted by Gasteiger charge is 2.06. The fourth-order valence-electron chi connectivity index (χ4n) is 1.80. The highest BCUT2D eigenvalue weighted by atomic mass is 16.2. The smallest absolute Gasteiger partial charge is 0.319 e. The van der Waals surface area contributed by atoms with Crippen molar-refractivity contribution in [3.63, 3.8) is 0 Å². The number of hydrogen-bond donors (Lipinski definition) is 3. The molecule has 1 aromatic carbocycles. The normalized spacial score (nSPS) is 12.5. The van der Waals surface area contributed by atoms with Gasteiger partial charge in [0.1, 0.15) is 0 Å². The van der Waals surface area contributed by atoms with Gasteiger partial charge in [-0.1, -0.05) is 12.1 Å². The summed E-state index contributed by atoms with van der Waals surface area (Å²) in [4.78, 5) is 14.0. The lowest BCUT2D eigenvalue weighted by atomic mass is 10.1. The highest BCUT2D eigenvalue weighted by Crippen LogP contribution is 2.15. The van der Waals surface area contributed by atoms with E-state index in [0.29, 0.717) is 18.6 Å². The first-order valence-electron chi connectivity index (χ1n) is 7.46. The van der Waals surface area contributed by atoms with Gasteiger partial charge in [-0.2, -0.15) is 0 Å². The third-order valence-electron chi connectivity index (χ3n) is 3.73. The molecule has 1 aromatic rings. The van der Waals surface area contributed by atoms with E-state index in [1.54, 1.807) is 0 Å². The zero-order chi connectivity index (χ0) is 15.8. The Labute approximate surface area is 128 Å². The third kappa shape index (κ3) is 6.14. The largest absolute Gasteiger partial charge is 0.337 e. The number of nitrogens with zero attached hydrogens (tertiary/aromatic N) is 1. The van der Waals surface area contributed by atoms with E-state index in [0.717, 1.165) is 12.2 Å². The molecular formula is C16H28N4O. The first-order chi connectivity index (χ1) is 9.93. The molecule has 3 N–H and O–H groups in total. The predicted molar refractivity (Wildman–Crippen MR) is 88.7 cm³/mol. The van der Waals surface area contributed by atoms with Gasteiger partial charge in [0.05, 0.1) is 0 Å². The number of hydrogen-bond acceptors (Lipinski definition) is 3. The van der Waals surface area contributed by atoms with Gasteiger partial charge >= 0.3 is 6.03 Å². The second-order valence-electron chi connectivity index (χ2n) is 5.59. The summed E-state index contributed by atoms with van der Waals surface area (Å²) in [6.07, 6.45) is 0. The third-order valence-corrected chi connectivity index (χ3v) is 3.73. The molecule has 0 saturated carbocycles. The number of nitrogens with one attached hydrogen (secondary N) is 3. The van der Waals surface area contributed by atoms with Crippen LogP contribution in [0.25, 0.3) is 0 Å². The minimum Gasteiger partial charge on any atom is -0.337 e. The molecule has 5 heteroatoms. The summed E-state index contributed by atoms with van der Waals surface area (Å²) in [5.74, 6) is 0. The van der Waals surface area contributed by atoms with Crippen molar-refractivity contribution in [2.75, 3.05) is 32.5 Å². The van der Waals surface area contributed by atoms with E-state index in [1.165, 1.54) is 5.56 Å². The Morgan fingerprint density at radius 2 is 1.81 bits per heavy atom. The number of benzene rings is 1. The average Bonchev–Trinajstić information content (AvgIpc) is 2.46. The van der Waals surface area contributed by atoms with Crippen molar-refractivity contribution in [2.24, 2.45) is 0 Å². The van der Waals surface area contributed by atoms with Crippen LogP contribution in [0.15, 0.2) is 24.3 Å². The molecule has 1 atom stereocenters. The van der Waals surface area contributed by atoms with Gasteiger partial charge in [-0.25, -0.2) is 4.79 Å². The molecule has 118 valence electrons. The number of carbonyl (C=O) groups is 1. The lowest BCUT2D eigenvalue weighted by Gasteiger charge is -2.20. The minimum absolute atomic E-state index is 0.165. The first kappa shape index (κ1) is 17.5. The molecule has 0 aliphatic carbocycles. The molecule has 0 saturated heterocycles. The van der Waals surface area contributed by atoms with E-state index < -0.39 is 0 Å². The van der Waals surface area contributed by atoms with Crippen LogP contribution in [0.3, 0.4) is 0 Å². The molecule has 0 radical (unpaired) electrons. The van der Waals surface area contributed by atoms with Gasteiger partial charge in [-0.05, 0) is 52.6 Å². The summed E-state index contributed by atoms with van der Waals surface area (Å²) >= 11 is 0. The monoisotopic (exact) mass is 292 g/mol. The number of rotatable bonds is 7. The van der Waals surface area contributed by atoms with E-state index >= 15 is 0 Å². The maximum absolute atomic E-state index is 11.8. The summed E-state index contributed by atoms with van der Waals surface area (Å²) in [6.45, 7) is 7.83. The summed E-state index contributed by atoms with van der Waals surface area (Å²) in [7, 11) is 3.98. The van der Waals surface area contributed by atoms with E-state index in [9.17, 15) is 4.79 Å². The Kier molecular flexibility index (Phi) is 7.19. The van der Waals surface area contributed by atoms with E-state index in [1.807, 2.05) is 38.4 Å².